The molecule has 1 aliphatic heterocycles. The van der Waals surface area contributed by atoms with Crippen molar-refractivity contribution in [1.29, 1.82) is 0 Å². The number of carbonyl (C=O) groups is 4. The van der Waals surface area contributed by atoms with Crippen LogP contribution < -0.4 is 10.8 Å². The minimum Gasteiger partial charge on any atom is -0.469 e. The molecular weight excluding hydrogens is 486 g/mol. The Hall–Kier alpha value is -4.50. The van der Waals surface area contributed by atoms with Crippen LogP contribution in [0.3, 0.4) is 0 Å². The summed E-state index contributed by atoms with van der Waals surface area (Å²) in [5.41, 5.74) is 5.49. The van der Waals surface area contributed by atoms with E-state index in [0.717, 1.165) is 5.56 Å². The molecule has 0 aliphatic carbocycles. The molecule has 0 bridgehead atoms. The Morgan fingerprint density at radius 2 is 1.53 bits per heavy atom. The Labute approximate surface area is 220 Å². The molecule has 3 N–H and O–H groups in total. The van der Waals surface area contributed by atoms with E-state index in [0.29, 0.717) is 47.3 Å². The number of hydroxylamine groups is 1. The van der Waals surface area contributed by atoms with Crippen LogP contribution in [0.4, 0.5) is 5.69 Å². The highest BCUT2D eigenvalue weighted by molar-refractivity contribution is 6.06. The predicted octanol–water partition coefficient (Wildman–Crippen LogP) is 4.06. The number of likely N-dealkylation sites (tertiary alicyclic amines) is 1. The Bertz CT molecular complexity index is 1350. The third-order valence-corrected chi connectivity index (χ3v) is 6.58. The first kappa shape index (κ1) is 26.6. The summed E-state index contributed by atoms with van der Waals surface area (Å²) in [6, 6.07) is 18.7. The summed E-state index contributed by atoms with van der Waals surface area (Å²) in [6.45, 7) is 2.70. The van der Waals surface area contributed by atoms with E-state index in [4.69, 9.17) is 9.94 Å². The number of esters is 1. The smallest absolute Gasteiger partial charge is 0.310 e. The second-order valence-electron chi connectivity index (χ2n) is 9.25. The number of carbonyl (C=O) groups excluding carboxylic acids is 4. The first-order valence-electron chi connectivity index (χ1n) is 12.2. The summed E-state index contributed by atoms with van der Waals surface area (Å²) in [6.07, 6.45) is 1.33. The highest BCUT2D eigenvalue weighted by atomic mass is 16.5. The van der Waals surface area contributed by atoms with Gasteiger partial charge in [0, 0.05) is 35.5 Å². The van der Waals surface area contributed by atoms with Crippen molar-refractivity contribution in [3.8, 4) is 11.1 Å². The molecule has 1 aliphatic rings. The number of anilines is 1. The zero-order valence-electron chi connectivity index (χ0n) is 21.2. The molecule has 0 radical (unpaired) electrons. The van der Waals surface area contributed by atoms with Crippen molar-refractivity contribution >= 4 is 29.4 Å². The second kappa shape index (κ2) is 11.7. The molecule has 3 amide bonds. The van der Waals surface area contributed by atoms with E-state index in [9.17, 15) is 19.2 Å². The van der Waals surface area contributed by atoms with Gasteiger partial charge in [0.1, 0.15) is 0 Å². The van der Waals surface area contributed by atoms with Gasteiger partial charge >= 0.3 is 5.97 Å². The maximum Gasteiger partial charge on any atom is 0.310 e. The summed E-state index contributed by atoms with van der Waals surface area (Å²) in [5, 5.41) is 11.8. The van der Waals surface area contributed by atoms with Crippen LogP contribution in [0.15, 0.2) is 66.7 Å². The monoisotopic (exact) mass is 515 g/mol. The normalized spacial score (nSPS) is 14.9. The average molecular weight is 516 g/mol. The molecule has 1 saturated heterocycles. The summed E-state index contributed by atoms with van der Waals surface area (Å²) in [5.74, 6) is -1.94. The number of benzene rings is 3. The topological polar surface area (TPSA) is 125 Å². The van der Waals surface area contributed by atoms with E-state index in [1.807, 2.05) is 19.1 Å². The van der Waals surface area contributed by atoms with Gasteiger partial charge in [-0.15, -0.1) is 0 Å². The molecule has 3 aromatic carbocycles. The largest absolute Gasteiger partial charge is 0.469 e. The number of nitrogens with zero attached hydrogens (tertiary/aromatic N) is 1. The lowest BCUT2D eigenvalue weighted by atomic mass is 9.96. The van der Waals surface area contributed by atoms with Crippen molar-refractivity contribution in [3.05, 3.63) is 89.0 Å². The van der Waals surface area contributed by atoms with Crippen LogP contribution in [0.25, 0.3) is 11.1 Å². The fraction of sp³-hybridized carbons (Fsp3) is 0.241. The van der Waals surface area contributed by atoms with Crippen molar-refractivity contribution < 1.29 is 29.1 Å². The van der Waals surface area contributed by atoms with Crippen LogP contribution in [0, 0.1) is 12.8 Å². The summed E-state index contributed by atoms with van der Waals surface area (Å²) >= 11 is 0. The van der Waals surface area contributed by atoms with E-state index in [1.165, 1.54) is 7.11 Å². The zero-order valence-corrected chi connectivity index (χ0v) is 21.2. The van der Waals surface area contributed by atoms with Gasteiger partial charge in [0.05, 0.1) is 13.0 Å². The molecule has 9 heteroatoms. The molecule has 196 valence electrons. The van der Waals surface area contributed by atoms with Crippen LogP contribution in [-0.4, -0.2) is 54.0 Å². The predicted molar refractivity (Wildman–Crippen MR) is 141 cm³/mol. The molecular formula is C29H29N3O6. The molecule has 0 aromatic heterocycles. The standard InChI is InChI=1S/C29H29N3O6/c1-18-5-7-20(8-6-18)26(33)30-25-15-23(19-9-11-21(12-10-19)27(34)31-37)14-24(16-25)28(35)32-13-3-4-22(17-32)29(36)38-2/h5-12,14-16,22,37H,3-4,13,17H2,1-2H3,(H,30,33)(H,31,34). The first-order chi connectivity index (χ1) is 18.3. The third-order valence-electron chi connectivity index (χ3n) is 6.58. The number of methoxy groups -OCH3 is 1. The number of nitrogens with one attached hydrogen (secondary N) is 2. The van der Waals surface area contributed by atoms with Crippen LogP contribution in [0.5, 0.6) is 0 Å². The Morgan fingerprint density at radius 3 is 2.18 bits per heavy atom. The van der Waals surface area contributed by atoms with Gasteiger partial charge in [-0.1, -0.05) is 29.8 Å². The quantitative estimate of drug-likeness (QED) is 0.258. The van der Waals surface area contributed by atoms with E-state index < -0.39 is 5.91 Å². The van der Waals surface area contributed by atoms with Gasteiger partial charge in [0.15, 0.2) is 0 Å². The van der Waals surface area contributed by atoms with Crippen molar-refractivity contribution in [3.63, 3.8) is 0 Å². The van der Waals surface area contributed by atoms with Gasteiger partial charge < -0.3 is 15.0 Å². The van der Waals surface area contributed by atoms with Gasteiger partial charge in [-0.3, -0.25) is 24.4 Å². The zero-order chi connectivity index (χ0) is 27.2. The summed E-state index contributed by atoms with van der Waals surface area (Å²) in [7, 11) is 1.34. The number of hydrogen-bond acceptors (Lipinski definition) is 6. The molecule has 1 heterocycles. The maximum atomic E-state index is 13.5. The number of piperidine rings is 1. The SMILES string of the molecule is COC(=O)C1CCCN(C(=O)c2cc(NC(=O)c3ccc(C)cc3)cc(-c3ccc(C(=O)NO)cc3)c2)C1. The second-order valence-corrected chi connectivity index (χ2v) is 9.25. The molecule has 9 nitrogen and oxygen atoms in total. The van der Waals surface area contributed by atoms with E-state index in [-0.39, 0.29) is 35.8 Å². The minimum absolute atomic E-state index is 0.256. The highest BCUT2D eigenvalue weighted by Gasteiger charge is 2.30. The molecule has 0 saturated carbocycles. The lowest BCUT2D eigenvalue weighted by molar-refractivity contribution is -0.146. The number of rotatable bonds is 6. The van der Waals surface area contributed by atoms with Crippen LogP contribution in [-0.2, 0) is 9.53 Å². The van der Waals surface area contributed by atoms with Gasteiger partial charge in [0.25, 0.3) is 17.7 Å². The summed E-state index contributed by atoms with van der Waals surface area (Å²) < 4.78 is 4.88. The Morgan fingerprint density at radius 1 is 0.868 bits per heavy atom. The van der Waals surface area contributed by atoms with Crippen LogP contribution >= 0.6 is 0 Å². The van der Waals surface area contributed by atoms with Crippen molar-refractivity contribution in [2.24, 2.45) is 5.92 Å². The van der Waals surface area contributed by atoms with Crippen molar-refractivity contribution in [1.82, 2.24) is 10.4 Å². The van der Waals surface area contributed by atoms with E-state index in [1.54, 1.807) is 65.0 Å². The lowest BCUT2D eigenvalue weighted by Crippen LogP contribution is -2.42. The van der Waals surface area contributed by atoms with E-state index >= 15 is 0 Å². The molecule has 1 fully saturated rings. The number of hydrogen-bond donors (Lipinski definition) is 3. The average Bonchev–Trinajstić information content (AvgIpc) is 2.96. The molecule has 0 spiro atoms. The Kier molecular flexibility index (Phi) is 8.18. The van der Waals surface area contributed by atoms with Gasteiger partial charge in [-0.05, 0) is 73.4 Å². The Balaban J connectivity index is 1.68. The van der Waals surface area contributed by atoms with Crippen LogP contribution in [0.2, 0.25) is 0 Å². The number of aryl methyl sites for hydroxylation is 1. The third kappa shape index (κ3) is 6.07. The molecule has 4 rings (SSSR count). The minimum atomic E-state index is -0.642. The van der Waals surface area contributed by atoms with Crippen molar-refractivity contribution in [2.75, 3.05) is 25.5 Å². The summed E-state index contributed by atoms with van der Waals surface area (Å²) in [4.78, 5) is 51.9. The highest BCUT2D eigenvalue weighted by Crippen LogP contribution is 2.28. The fourth-order valence-corrected chi connectivity index (χ4v) is 4.48. The molecule has 1 atom stereocenters. The van der Waals surface area contributed by atoms with Gasteiger partial charge in [0.2, 0.25) is 0 Å². The molecule has 38 heavy (non-hydrogen) atoms. The fourth-order valence-electron chi connectivity index (χ4n) is 4.48. The van der Waals surface area contributed by atoms with E-state index in [2.05, 4.69) is 5.32 Å². The van der Waals surface area contributed by atoms with Crippen molar-refractivity contribution in [2.45, 2.75) is 19.8 Å². The lowest BCUT2D eigenvalue weighted by Gasteiger charge is -2.31. The van der Waals surface area contributed by atoms with Gasteiger partial charge in [-0.25, -0.2) is 5.48 Å². The van der Waals surface area contributed by atoms with Crippen LogP contribution in [0.1, 0.15) is 49.5 Å². The molecule has 3 aromatic rings. The van der Waals surface area contributed by atoms with Gasteiger partial charge in [-0.2, -0.15) is 0 Å². The molecule has 1 unspecified atom stereocenters. The number of ether oxygens (including phenoxy) is 1. The number of amides is 3. The maximum absolute atomic E-state index is 13.5. The first-order valence-corrected chi connectivity index (χ1v) is 12.2.